The lowest BCUT2D eigenvalue weighted by Gasteiger charge is -2.29. The average molecular weight is 270 g/mol. The summed E-state index contributed by atoms with van der Waals surface area (Å²) in [5, 5.41) is 0. The molecule has 0 N–H and O–H groups in total. The van der Waals surface area contributed by atoms with Crippen molar-refractivity contribution < 1.29 is 0 Å². The Morgan fingerprint density at radius 3 is 1.20 bits per heavy atom. The molecule has 0 heterocycles. The van der Waals surface area contributed by atoms with Gasteiger partial charge in [-0.3, -0.25) is 0 Å². The predicted octanol–water partition coefficient (Wildman–Crippen LogP) is 5.99. The summed E-state index contributed by atoms with van der Waals surface area (Å²) < 4.78 is 0. The topological polar surface area (TPSA) is 0 Å². The van der Waals surface area contributed by atoms with Crippen LogP contribution in [0.15, 0.2) is 24.3 Å². The lowest BCUT2D eigenvalue weighted by Crippen LogP contribution is -2.16. The van der Waals surface area contributed by atoms with Gasteiger partial charge in [-0.05, 0) is 72.3 Å². The van der Waals surface area contributed by atoms with Gasteiger partial charge in [0.2, 0.25) is 0 Å². The summed E-state index contributed by atoms with van der Waals surface area (Å²) in [5.41, 5.74) is 3.38. The summed E-state index contributed by atoms with van der Waals surface area (Å²) in [4.78, 5) is 0. The van der Waals surface area contributed by atoms with Crippen molar-refractivity contribution in [2.75, 3.05) is 0 Å². The molecule has 0 saturated heterocycles. The van der Waals surface area contributed by atoms with Crippen LogP contribution in [0.3, 0.4) is 0 Å². The van der Waals surface area contributed by atoms with Crippen LogP contribution in [-0.4, -0.2) is 0 Å². The standard InChI is InChI=1S/C20H30/c1-13-9-10-14(2)19(13)17-7-5-6-8-18(17)20-15(3)11-12-16(20)4/h5-8,13-16,19-20H,9-12H2,1-4H3/t13-,14-,15-,16-/m1/s1. The first-order chi connectivity index (χ1) is 9.59. The first kappa shape index (κ1) is 14.2. The summed E-state index contributed by atoms with van der Waals surface area (Å²) in [6.45, 7) is 9.86. The van der Waals surface area contributed by atoms with E-state index in [9.17, 15) is 0 Å². The maximum absolute atomic E-state index is 2.46. The number of rotatable bonds is 2. The molecule has 1 aromatic carbocycles. The molecule has 110 valence electrons. The van der Waals surface area contributed by atoms with E-state index in [-0.39, 0.29) is 0 Å². The van der Waals surface area contributed by atoms with E-state index in [1.54, 1.807) is 11.1 Å². The smallest absolute Gasteiger partial charge is 0.0108 e. The average Bonchev–Trinajstić information content (AvgIpc) is 2.93. The van der Waals surface area contributed by atoms with Gasteiger partial charge in [-0.2, -0.15) is 0 Å². The highest BCUT2D eigenvalue weighted by Crippen LogP contribution is 2.50. The van der Waals surface area contributed by atoms with E-state index >= 15 is 0 Å². The molecule has 3 rings (SSSR count). The summed E-state index contributed by atoms with van der Waals surface area (Å²) in [5.74, 6) is 5.03. The molecule has 2 aliphatic carbocycles. The van der Waals surface area contributed by atoms with Crippen molar-refractivity contribution in [2.45, 2.75) is 65.2 Å². The van der Waals surface area contributed by atoms with Crippen molar-refractivity contribution >= 4 is 0 Å². The lowest BCUT2D eigenvalue weighted by molar-refractivity contribution is 0.425. The minimum atomic E-state index is 0.797. The summed E-state index contributed by atoms with van der Waals surface area (Å²) in [7, 11) is 0. The first-order valence-corrected chi connectivity index (χ1v) is 8.68. The Balaban J connectivity index is 2.00. The molecule has 2 aliphatic rings. The SMILES string of the molecule is C[C@@H]1CC[C@@H](C)C1c1ccccc1C1[C@H](C)CC[C@H]1C. The van der Waals surface area contributed by atoms with Gasteiger partial charge in [0.1, 0.15) is 0 Å². The van der Waals surface area contributed by atoms with Gasteiger partial charge in [-0.25, -0.2) is 0 Å². The van der Waals surface area contributed by atoms with Crippen LogP contribution in [-0.2, 0) is 0 Å². The molecule has 0 unspecified atom stereocenters. The van der Waals surface area contributed by atoms with Gasteiger partial charge in [0.25, 0.3) is 0 Å². The van der Waals surface area contributed by atoms with E-state index in [0.717, 1.165) is 35.5 Å². The highest BCUT2D eigenvalue weighted by molar-refractivity contribution is 5.36. The molecule has 0 aromatic heterocycles. The van der Waals surface area contributed by atoms with Crippen LogP contribution in [0.25, 0.3) is 0 Å². The van der Waals surface area contributed by atoms with Crippen LogP contribution < -0.4 is 0 Å². The normalized spacial score (nSPS) is 35.8. The molecule has 0 radical (unpaired) electrons. The second kappa shape index (κ2) is 5.54. The number of hydrogen-bond donors (Lipinski definition) is 0. The van der Waals surface area contributed by atoms with Crippen molar-refractivity contribution in [3.8, 4) is 0 Å². The molecule has 0 nitrogen and oxygen atoms in total. The largest absolute Gasteiger partial charge is 0.0620 e. The zero-order chi connectivity index (χ0) is 14.3. The second-order valence-electron chi connectivity index (χ2n) is 7.74. The molecule has 0 heteroatoms. The fourth-order valence-electron chi connectivity index (χ4n) is 5.24. The summed E-state index contributed by atoms with van der Waals surface area (Å²) in [6, 6.07) is 9.41. The third-order valence-corrected chi connectivity index (χ3v) is 6.32. The van der Waals surface area contributed by atoms with Gasteiger partial charge in [0.05, 0.1) is 0 Å². The monoisotopic (exact) mass is 270 g/mol. The second-order valence-corrected chi connectivity index (χ2v) is 7.74. The Labute approximate surface area is 125 Å². The predicted molar refractivity (Wildman–Crippen MR) is 87.0 cm³/mol. The third kappa shape index (κ3) is 2.32. The highest BCUT2D eigenvalue weighted by atomic mass is 14.4. The van der Waals surface area contributed by atoms with Crippen LogP contribution in [0.1, 0.15) is 76.3 Å². The van der Waals surface area contributed by atoms with E-state index < -0.39 is 0 Å². The Hall–Kier alpha value is -0.780. The van der Waals surface area contributed by atoms with E-state index in [2.05, 4.69) is 52.0 Å². The maximum atomic E-state index is 2.46. The molecule has 4 atom stereocenters. The van der Waals surface area contributed by atoms with Gasteiger partial charge < -0.3 is 0 Å². The molecule has 20 heavy (non-hydrogen) atoms. The first-order valence-electron chi connectivity index (χ1n) is 8.68. The molecular weight excluding hydrogens is 240 g/mol. The molecule has 2 fully saturated rings. The lowest BCUT2D eigenvalue weighted by atomic mass is 9.75. The zero-order valence-corrected chi connectivity index (χ0v) is 13.6. The molecule has 0 bridgehead atoms. The Morgan fingerprint density at radius 2 is 0.900 bits per heavy atom. The molecule has 2 saturated carbocycles. The van der Waals surface area contributed by atoms with Gasteiger partial charge >= 0.3 is 0 Å². The van der Waals surface area contributed by atoms with Crippen molar-refractivity contribution in [1.82, 2.24) is 0 Å². The van der Waals surface area contributed by atoms with Gasteiger partial charge in [-0.1, -0.05) is 52.0 Å². The fourth-order valence-corrected chi connectivity index (χ4v) is 5.24. The minimum Gasteiger partial charge on any atom is -0.0620 e. The van der Waals surface area contributed by atoms with Crippen molar-refractivity contribution in [1.29, 1.82) is 0 Å². The molecule has 0 spiro atoms. The Bertz CT molecular complexity index is 398. The zero-order valence-electron chi connectivity index (χ0n) is 13.6. The van der Waals surface area contributed by atoms with Crippen molar-refractivity contribution in [3.05, 3.63) is 35.4 Å². The van der Waals surface area contributed by atoms with Gasteiger partial charge in [0.15, 0.2) is 0 Å². The highest BCUT2D eigenvalue weighted by Gasteiger charge is 2.37. The molecular formula is C20H30. The quantitative estimate of drug-likeness (QED) is 0.619. The van der Waals surface area contributed by atoms with Crippen LogP contribution >= 0.6 is 0 Å². The van der Waals surface area contributed by atoms with Crippen LogP contribution in [0.5, 0.6) is 0 Å². The van der Waals surface area contributed by atoms with E-state index in [1.807, 2.05) is 0 Å². The third-order valence-electron chi connectivity index (χ3n) is 6.32. The minimum absolute atomic E-state index is 0.797. The Morgan fingerprint density at radius 1 is 0.600 bits per heavy atom. The summed E-state index contributed by atoms with van der Waals surface area (Å²) in [6.07, 6.45) is 5.65. The van der Waals surface area contributed by atoms with Crippen molar-refractivity contribution in [2.24, 2.45) is 23.7 Å². The van der Waals surface area contributed by atoms with Crippen molar-refractivity contribution in [3.63, 3.8) is 0 Å². The van der Waals surface area contributed by atoms with Gasteiger partial charge in [0, 0.05) is 0 Å². The number of hydrogen-bond acceptors (Lipinski definition) is 0. The van der Waals surface area contributed by atoms with Crippen LogP contribution in [0.2, 0.25) is 0 Å². The maximum Gasteiger partial charge on any atom is -0.0108 e. The molecule has 0 amide bonds. The fraction of sp³-hybridized carbons (Fsp3) is 0.700. The molecule has 0 aliphatic heterocycles. The van der Waals surface area contributed by atoms with Crippen LogP contribution in [0, 0.1) is 23.7 Å². The Kier molecular flexibility index (Phi) is 3.93. The van der Waals surface area contributed by atoms with Gasteiger partial charge in [-0.15, -0.1) is 0 Å². The summed E-state index contributed by atoms with van der Waals surface area (Å²) >= 11 is 0. The number of benzene rings is 1. The van der Waals surface area contributed by atoms with Crippen LogP contribution in [0.4, 0.5) is 0 Å². The van der Waals surface area contributed by atoms with E-state index in [1.165, 1.54) is 25.7 Å². The van der Waals surface area contributed by atoms with E-state index in [4.69, 9.17) is 0 Å². The molecule has 1 aromatic rings. The van der Waals surface area contributed by atoms with E-state index in [0.29, 0.717) is 0 Å².